The summed E-state index contributed by atoms with van der Waals surface area (Å²) in [5.41, 5.74) is 4.64. The molecule has 0 spiro atoms. The Kier molecular flexibility index (Phi) is 5.03. The number of para-hydroxylation sites is 1. The Balaban J connectivity index is 1.76. The minimum Gasteiger partial charge on any atom is -0.481 e. The fourth-order valence-corrected chi connectivity index (χ4v) is 3.75. The topological polar surface area (TPSA) is 52.1 Å². The van der Waals surface area contributed by atoms with Gasteiger partial charge in [-0.3, -0.25) is 9.78 Å². The number of methoxy groups -OCH3 is 1. The van der Waals surface area contributed by atoms with Gasteiger partial charge in [0.2, 0.25) is 5.88 Å². The van der Waals surface area contributed by atoms with Crippen LogP contribution in [-0.2, 0) is 0 Å². The van der Waals surface area contributed by atoms with Crippen molar-refractivity contribution in [1.29, 1.82) is 0 Å². The Bertz CT molecular complexity index is 1300. The molecule has 0 saturated heterocycles. The van der Waals surface area contributed by atoms with E-state index in [4.69, 9.17) is 16.3 Å². The molecule has 144 valence electrons. The van der Waals surface area contributed by atoms with E-state index >= 15 is 0 Å². The number of aromatic nitrogens is 2. The highest BCUT2D eigenvalue weighted by Crippen LogP contribution is 2.27. The van der Waals surface area contributed by atoms with Crippen LogP contribution in [0.2, 0.25) is 5.02 Å². The van der Waals surface area contributed by atoms with Crippen LogP contribution >= 0.6 is 11.6 Å². The number of aryl methyl sites for hydroxylation is 2. The van der Waals surface area contributed by atoms with E-state index in [9.17, 15) is 4.79 Å². The third-order valence-electron chi connectivity index (χ3n) is 4.96. The minimum absolute atomic E-state index is 0.105. The van der Waals surface area contributed by atoms with Crippen LogP contribution < -0.4 is 4.74 Å². The molecule has 0 atom stereocenters. The standard InChI is InChI=1S/C24H19ClN2O2/c1-14-19-6-4-5-7-21(19)26-15(2)23(14)22(28)11-8-16-12-17-13-18(25)9-10-20(17)27-24(16)29-3/h4-13H,1-3H3/b11-8+. The molecule has 0 N–H and O–H groups in total. The van der Waals surface area contributed by atoms with Crippen LogP contribution in [0.4, 0.5) is 0 Å². The maximum Gasteiger partial charge on any atom is 0.221 e. The van der Waals surface area contributed by atoms with E-state index < -0.39 is 0 Å². The van der Waals surface area contributed by atoms with Crippen LogP contribution in [-0.4, -0.2) is 22.9 Å². The number of rotatable bonds is 4. The number of hydrogen-bond acceptors (Lipinski definition) is 4. The van der Waals surface area contributed by atoms with E-state index in [1.165, 1.54) is 0 Å². The molecule has 4 nitrogen and oxygen atoms in total. The van der Waals surface area contributed by atoms with E-state index in [1.54, 1.807) is 25.3 Å². The SMILES string of the molecule is COc1nc2ccc(Cl)cc2cc1/C=C/C(=O)c1c(C)nc2ccccc2c1C. The van der Waals surface area contributed by atoms with Crippen LogP contribution in [0.25, 0.3) is 27.9 Å². The summed E-state index contributed by atoms with van der Waals surface area (Å²) in [7, 11) is 1.56. The number of ether oxygens (including phenoxy) is 1. The summed E-state index contributed by atoms with van der Waals surface area (Å²) < 4.78 is 5.41. The molecule has 0 aliphatic rings. The predicted molar refractivity (Wildman–Crippen MR) is 118 cm³/mol. The summed E-state index contributed by atoms with van der Waals surface area (Å²) in [6.45, 7) is 3.82. The van der Waals surface area contributed by atoms with Crippen LogP contribution in [0.3, 0.4) is 0 Å². The van der Waals surface area contributed by atoms with Gasteiger partial charge in [0, 0.05) is 32.6 Å². The molecule has 2 heterocycles. The molecule has 2 aromatic heterocycles. The summed E-state index contributed by atoms with van der Waals surface area (Å²) in [6.07, 6.45) is 3.27. The molecule has 4 aromatic rings. The molecule has 0 saturated carbocycles. The van der Waals surface area contributed by atoms with E-state index in [0.29, 0.717) is 27.7 Å². The summed E-state index contributed by atoms with van der Waals surface area (Å²) in [4.78, 5) is 22.1. The molecular weight excluding hydrogens is 384 g/mol. The second-order valence-electron chi connectivity index (χ2n) is 6.84. The van der Waals surface area contributed by atoms with Crippen LogP contribution in [0, 0.1) is 13.8 Å². The molecule has 0 aliphatic carbocycles. The number of hydrogen-bond donors (Lipinski definition) is 0. The Labute approximate surface area is 173 Å². The van der Waals surface area contributed by atoms with Gasteiger partial charge in [-0.1, -0.05) is 29.8 Å². The number of ketones is 1. The Morgan fingerprint density at radius 2 is 1.83 bits per heavy atom. The molecule has 0 aliphatic heterocycles. The highest BCUT2D eigenvalue weighted by atomic mass is 35.5. The van der Waals surface area contributed by atoms with Gasteiger partial charge in [0.15, 0.2) is 5.78 Å². The van der Waals surface area contributed by atoms with Gasteiger partial charge in [0.25, 0.3) is 0 Å². The van der Waals surface area contributed by atoms with Gasteiger partial charge in [-0.15, -0.1) is 0 Å². The lowest BCUT2D eigenvalue weighted by Gasteiger charge is -2.10. The number of pyridine rings is 2. The molecule has 5 heteroatoms. The molecule has 0 bridgehead atoms. The average molecular weight is 403 g/mol. The third kappa shape index (κ3) is 3.59. The molecule has 0 amide bonds. The van der Waals surface area contributed by atoms with Gasteiger partial charge in [-0.25, -0.2) is 4.98 Å². The van der Waals surface area contributed by atoms with E-state index in [-0.39, 0.29) is 5.78 Å². The van der Waals surface area contributed by atoms with Gasteiger partial charge in [0.1, 0.15) is 0 Å². The number of carbonyl (C=O) groups is 1. The lowest BCUT2D eigenvalue weighted by atomic mass is 9.98. The smallest absolute Gasteiger partial charge is 0.221 e. The largest absolute Gasteiger partial charge is 0.481 e. The molecule has 4 rings (SSSR count). The first kappa shape index (κ1) is 19.1. The first-order chi connectivity index (χ1) is 14.0. The quantitative estimate of drug-likeness (QED) is 0.312. The first-order valence-corrected chi connectivity index (χ1v) is 9.58. The van der Waals surface area contributed by atoms with Crippen LogP contribution in [0.5, 0.6) is 5.88 Å². The van der Waals surface area contributed by atoms with E-state index in [0.717, 1.165) is 27.4 Å². The fraction of sp³-hybridized carbons (Fsp3) is 0.125. The normalized spacial score (nSPS) is 11.4. The van der Waals surface area contributed by atoms with E-state index in [1.807, 2.05) is 56.3 Å². The molecule has 0 radical (unpaired) electrons. The maximum atomic E-state index is 13.0. The van der Waals surface area contributed by atoms with Gasteiger partial charge in [0.05, 0.1) is 18.1 Å². The van der Waals surface area contributed by atoms with Crippen LogP contribution in [0.15, 0.2) is 54.6 Å². The highest BCUT2D eigenvalue weighted by Gasteiger charge is 2.15. The number of nitrogens with zero attached hydrogens (tertiary/aromatic N) is 2. The monoisotopic (exact) mass is 402 g/mol. The number of carbonyl (C=O) groups excluding carboxylic acids is 1. The molecule has 0 unspecified atom stereocenters. The first-order valence-electron chi connectivity index (χ1n) is 9.20. The van der Waals surface area contributed by atoms with Crippen molar-refractivity contribution in [3.8, 4) is 5.88 Å². The second-order valence-corrected chi connectivity index (χ2v) is 7.27. The summed E-state index contributed by atoms with van der Waals surface area (Å²) in [6, 6.07) is 15.2. The van der Waals surface area contributed by atoms with Gasteiger partial charge >= 0.3 is 0 Å². The van der Waals surface area contributed by atoms with Gasteiger partial charge in [-0.2, -0.15) is 0 Å². The van der Waals surface area contributed by atoms with Crippen molar-refractivity contribution in [3.05, 3.63) is 82.0 Å². The number of fused-ring (bicyclic) bond motifs is 2. The highest BCUT2D eigenvalue weighted by molar-refractivity contribution is 6.31. The Hall–Kier alpha value is -3.24. The van der Waals surface area contributed by atoms with Crippen molar-refractivity contribution < 1.29 is 9.53 Å². The van der Waals surface area contributed by atoms with Crippen molar-refractivity contribution in [3.63, 3.8) is 0 Å². The zero-order valence-electron chi connectivity index (χ0n) is 16.4. The summed E-state index contributed by atoms with van der Waals surface area (Å²) in [5, 5.41) is 2.49. The number of halogens is 1. The fourth-order valence-electron chi connectivity index (χ4n) is 3.57. The molecule has 0 fully saturated rings. The lowest BCUT2D eigenvalue weighted by molar-refractivity contribution is 0.104. The molecular formula is C24H19ClN2O2. The summed E-state index contributed by atoms with van der Waals surface area (Å²) in [5.74, 6) is 0.348. The van der Waals surface area contributed by atoms with Crippen molar-refractivity contribution in [2.24, 2.45) is 0 Å². The van der Waals surface area contributed by atoms with Crippen LogP contribution in [0.1, 0.15) is 27.2 Å². The molecule has 29 heavy (non-hydrogen) atoms. The Morgan fingerprint density at radius 3 is 2.62 bits per heavy atom. The number of benzene rings is 2. The minimum atomic E-state index is -0.105. The Morgan fingerprint density at radius 1 is 1.03 bits per heavy atom. The van der Waals surface area contributed by atoms with Crippen molar-refractivity contribution in [1.82, 2.24) is 9.97 Å². The van der Waals surface area contributed by atoms with E-state index in [2.05, 4.69) is 9.97 Å². The lowest BCUT2D eigenvalue weighted by Crippen LogP contribution is -2.04. The third-order valence-corrected chi connectivity index (χ3v) is 5.19. The zero-order valence-corrected chi connectivity index (χ0v) is 17.1. The van der Waals surface area contributed by atoms with Gasteiger partial charge in [-0.05, 0) is 61.9 Å². The van der Waals surface area contributed by atoms with Crippen molar-refractivity contribution >= 4 is 45.3 Å². The predicted octanol–water partition coefficient (Wildman–Crippen LogP) is 5.96. The molecule has 2 aromatic carbocycles. The summed E-state index contributed by atoms with van der Waals surface area (Å²) >= 11 is 6.10. The average Bonchev–Trinajstić information content (AvgIpc) is 2.71. The maximum absolute atomic E-state index is 13.0. The zero-order chi connectivity index (χ0) is 20.5. The number of allylic oxidation sites excluding steroid dienone is 1. The van der Waals surface area contributed by atoms with Crippen molar-refractivity contribution in [2.75, 3.05) is 7.11 Å². The van der Waals surface area contributed by atoms with Gasteiger partial charge < -0.3 is 4.74 Å². The van der Waals surface area contributed by atoms with Crippen molar-refractivity contribution in [2.45, 2.75) is 13.8 Å². The second kappa shape index (κ2) is 7.64.